The van der Waals surface area contributed by atoms with Gasteiger partial charge < -0.3 is 21.1 Å². The number of hydrogen-bond donors (Lipinski definition) is 4. The molecule has 0 saturated carbocycles. The predicted octanol–water partition coefficient (Wildman–Crippen LogP) is -0.326. The smallest absolute Gasteiger partial charge is 0.269 e. The molecule has 1 aromatic carbocycles. The van der Waals surface area contributed by atoms with Crippen LogP contribution in [0.4, 0.5) is 11.5 Å². The van der Waals surface area contributed by atoms with Crippen LogP contribution in [0.3, 0.4) is 0 Å². The molecule has 2 aromatic rings. The molecular weight excluding hydrogens is 318 g/mol. The van der Waals surface area contributed by atoms with Crippen molar-refractivity contribution in [1.82, 2.24) is 10.3 Å². The van der Waals surface area contributed by atoms with Gasteiger partial charge >= 0.3 is 0 Å². The summed E-state index contributed by atoms with van der Waals surface area (Å²) in [7, 11) is 0. The molecule has 3 rings (SSSR count). The molecule has 5 N–H and O–H groups in total. The summed E-state index contributed by atoms with van der Waals surface area (Å²) < 4.78 is 0. The van der Waals surface area contributed by atoms with E-state index in [1.807, 2.05) is 0 Å². The van der Waals surface area contributed by atoms with Gasteiger partial charge in [0.1, 0.15) is 17.5 Å². The molecule has 120 valence electrons. The van der Waals surface area contributed by atoms with Crippen molar-refractivity contribution in [2.24, 2.45) is 0 Å². The molecule has 0 radical (unpaired) electrons. The van der Waals surface area contributed by atoms with E-state index in [1.54, 1.807) is 6.07 Å². The van der Waals surface area contributed by atoms with E-state index in [0.29, 0.717) is 0 Å². The van der Waals surface area contributed by atoms with Gasteiger partial charge in [-0.25, -0.2) is 0 Å². The summed E-state index contributed by atoms with van der Waals surface area (Å²) in [6.45, 7) is 0. The summed E-state index contributed by atoms with van der Waals surface area (Å²) in [4.78, 5) is 36.5. The Morgan fingerprint density at radius 1 is 1.38 bits per heavy atom. The number of fused-ring (bicyclic) bond motifs is 1. The van der Waals surface area contributed by atoms with Gasteiger partial charge in [0, 0.05) is 23.3 Å². The molecule has 10 nitrogen and oxygen atoms in total. The Labute approximate surface area is 133 Å². The standard InChI is InChI=1S/C14H9N5O5/c15-5-8-10-9(11(16)17-12(8)20)13(21)18-14(10,22)6-2-1-3-7(4-6)19(23)24/h1-4,22H,(H,18,21)(H3,16,17,20). The third-order valence-electron chi connectivity index (χ3n) is 3.71. The van der Waals surface area contributed by atoms with Gasteiger partial charge in [-0.1, -0.05) is 12.1 Å². The lowest BCUT2D eigenvalue weighted by molar-refractivity contribution is -0.385. The van der Waals surface area contributed by atoms with Gasteiger partial charge in [0.05, 0.1) is 10.5 Å². The van der Waals surface area contributed by atoms with Gasteiger partial charge in [-0.3, -0.25) is 19.7 Å². The van der Waals surface area contributed by atoms with Crippen LogP contribution in [0.15, 0.2) is 29.1 Å². The SMILES string of the molecule is N#Cc1c2c(c(N)[nH]c1=O)C(=O)NC2(O)c1cccc([N+](=O)[O-])c1. The highest BCUT2D eigenvalue weighted by Gasteiger charge is 2.47. The first kappa shape index (κ1) is 15.2. The van der Waals surface area contributed by atoms with E-state index in [2.05, 4.69) is 10.3 Å². The highest BCUT2D eigenvalue weighted by atomic mass is 16.6. The Bertz CT molecular complexity index is 1010. The number of aromatic nitrogens is 1. The van der Waals surface area contributed by atoms with Crippen LogP contribution in [0.2, 0.25) is 0 Å². The number of aliphatic hydroxyl groups is 1. The summed E-state index contributed by atoms with van der Waals surface area (Å²) >= 11 is 0. The van der Waals surface area contributed by atoms with E-state index in [1.165, 1.54) is 18.2 Å². The zero-order valence-corrected chi connectivity index (χ0v) is 11.9. The van der Waals surface area contributed by atoms with Gasteiger partial charge in [0.25, 0.3) is 17.2 Å². The fourth-order valence-electron chi connectivity index (χ4n) is 2.68. The number of pyridine rings is 1. The first-order chi connectivity index (χ1) is 11.3. The molecule has 0 saturated heterocycles. The van der Waals surface area contributed by atoms with Crippen LogP contribution >= 0.6 is 0 Å². The van der Waals surface area contributed by atoms with E-state index in [4.69, 9.17) is 5.73 Å². The molecule has 0 spiro atoms. The Kier molecular flexibility index (Phi) is 3.10. The lowest BCUT2D eigenvalue weighted by atomic mass is 9.91. The van der Waals surface area contributed by atoms with Crippen LogP contribution in [0.5, 0.6) is 0 Å². The van der Waals surface area contributed by atoms with Gasteiger partial charge in [0.15, 0.2) is 5.72 Å². The number of non-ortho nitro benzene ring substituents is 1. The number of H-pyrrole nitrogens is 1. The molecule has 2 heterocycles. The van der Waals surface area contributed by atoms with Crippen LogP contribution in [0.25, 0.3) is 0 Å². The minimum Gasteiger partial charge on any atom is -0.385 e. The molecule has 0 aliphatic carbocycles. The minimum absolute atomic E-state index is 0.0784. The van der Waals surface area contributed by atoms with Crippen LogP contribution in [0, 0.1) is 21.4 Å². The second-order valence-electron chi connectivity index (χ2n) is 5.08. The maximum absolute atomic E-state index is 12.2. The van der Waals surface area contributed by atoms with Gasteiger partial charge in [-0.2, -0.15) is 5.26 Å². The largest absolute Gasteiger partial charge is 0.385 e. The molecule has 0 fully saturated rings. The second kappa shape index (κ2) is 4.90. The molecular formula is C14H9N5O5. The number of nitro benzene ring substituents is 1. The van der Waals surface area contributed by atoms with Crippen molar-refractivity contribution in [3.05, 3.63) is 67.0 Å². The topological polar surface area (TPSA) is 175 Å². The van der Waals surface area contributed by atoms with Crippen molar-refractivity contribution in [2.45, 2.75) is 5.72 Å². The number of amides is 1. The first-order valence-corrected chi connectivity index (χ1v) is 6.55. The predicted molar refractivity (Wildman–Crippen MR) is 79.8 cm³/mol. The number of nitrogens with one attached hydrogen (secondary N) is 2. The zero-order valence-electron chi connectivity index (χ0n) is 11.9. The summed E-state index contributed by atoms with van der Waals surface area (Å²) in [5, 5.41) is 33.3. The van der Waals surface area contributed by atoms with Crippen LogP contribution in [-0.4, -0.2) is 20.9 Å². The van der Waals surface area contributed by atoms with Crippen LogP contribution in [-0.2, 0) is 5.72 Å². The minimum atomic E-state index is -2.29. The fourth-order valence-corrected chi connectivity index (χ4v) is 2.68. The highest BCUT2D eigenvalue weighted by Crippen LogP contribution is 2.38. The lowest BCUT2D eigenvalue weighted by Gasteiger charge is -2.24. The summed E-state index contributed by atoms with van der Waals surface area (Å²) in [6, 6.07) is 6.48. The van der Waals surface area contributed by atoms with Gasteiger partial charge in [-0.05, 0) is 0 Å². The molecule has 1 amide bonds. The van der Waals surface area contributed by atoms with Crippen molar-refractivity contribution in [3.63, 3.8) is 0 Å². The number of aromatic amines is 1. The van der Waals surface area contributed by atoms with E-state index in [9.17, 15) is 30.1 Å². The first-order valence-electron chi connectivity index (χ1n) is 6.55. The molecule has 1 atom stereocenters. The monoisotopic (exact) mass is 327 g/mol. The van der Waals surface area contributed by atoms with Crippen molar-refractivity contribution in [3.8, 4) is 6.07 Å². The number of nitriles is 1. The van der Waals surface area contributed by atoms with Crippen LogP contribution in [0.1, 0.15) is 27.0 Å². The average Bonchev–Trinajstić information content (AvgIpc) is 2.81. The number of nitrogens with two attached hydrogens (primary N) is 1. The van der Waals surface area contributed by atoms with Crippen molar-refractivity contribution in [2.75, 3.05) is 5.73 Å². The number of nitro groups is 1. The number of hydrogen-bond acceptors (Lipinski definition) is 7. The zero-order chi connectivity index (χ0) is 17.6. The molecule has 1 aromatic heterocycles. The quantitative estimate of drug-likeness (QED) is 0.431. The van der Waals surface area contributed by atoms with E-state index < -0.39 is 27.7 Å². The third-order valence-corrected chi connectivity index (χ3v) is 3.71. The van der Waals surface area contributed by atoms with E-state index in [0.717, 1.165) is 6.07 Å². The Hall–Kier alpha value is -3.71. The molecule has 1 aliphatic heterocycles. The lowest BCUT2D eigenvalue weighted by Crippen LogP contribution is -2.41. The van der Waals surface area contributed by atoms with Gasteiger partial charge in [0.2, 0.25) is 0 Å². The number of anilines is 1. The summed E-state index contributed by atoms with van der Waals surface area (Å²) in [5.41, 5.74) is 0.961. The maximum atomic E-state index is 12.2. The van der Waals surface area contributed by atoms with Crippen molar-refractivity contribution >= 4 is 17.4 Å². The number of carbonyl (C=O) groups excluding carboxylic acids is 1. The number of nitrogen functional groups attached to an aromatic ring is 1. The van der Waals surface area contributed by atoms with E-state index >= 15 is 0 Å². The third kappa shape index (κ3) is 1.93. The summed E-state index contributed by atoms with van der Waals surface area (Å²) in [6.07, 6.45) is 0. The van der Waals surface area contributed by atoms with E-state index in [-0.39, 0.29) is 28.2 Å². The normalized spacial score (nSPS) is 18.6. The highest BCUT2D eigenvalue weighted by molar-refractivity contribution is 6.04. The average molecular weight is 327 g/mol. The maximum Gasteiger partial charge on any atom is 0.269 e. The molecule has 24 heavy (non-hydrogen) atoms. The molecule has 10 heteroatoms. The summed E-state index contributed by atoms with van der Waals surface area (Å²) in [5.74, 6) is -1.13. The van der Waals surface area contributed by atoms with Crippen LogP contribution < -0.4 is 16.6 Å². The number of benzene rings is 1. The van der Waals surface area contributed by atoms with Crippen molar-refractivity contribution < 1.29 is 14.8 Å². The van der Waals surface area contributed by atoms with Gasteiger partial charge in [-0.15, -0.1) is 0 Å². The molecule has 1 unspecified atom stereocenters. The van der Waals surface area contributed by atoms with Crippen molar-refractivity contribution in [1.29, 1.82) is 5.26 Å². The number of nitrogens with zero attached hydrogens (tertiary/aromatic N) is 2. The fraction of sp³-hybridized carbons (Fsp3) is 0.0714. The Morgan fingerprint density at radius 2 is 2.08 bits per heavy atom. The molecule has 0 bridgehead atoms. The number of rotatable bonds is 2. The Balaban J connectivity index is 2.36. The Morgan fingerprint density at radius 3 is 2.71 bits per heavy atom. The molecule has 1 aliphatic rings. The number of carbonyl (C=O) groups is 1. The second-order valence-corrected chi connectivity index (χ2v) is 5.08.